The molecular weight excluding hydrogens is 365 g/mol. The lowest BCUT2D eigenvalue weighted by Crippen LogP contribution is -2.14. The zero-order valence-electron chi connectivity index (χ0n) is 11.8. The number of hydrogen-bond acceptors (Lipinski definition) is 3. The van der Waals surface area contributed by atoms with Crippen molar-refractivity contribution in [3.63, 3.8) is 0 Å². The average Bonchev–Trinajstić information content (AvgIpc) is 2.96. The Morgan fingerprint density at radius 2 is 1.87 bits per heavy atom. The summed E-state index contributed by atoms with van der Waals surface area (Å²) in [6, 6.07) is 10.6. The van der Waals surface area contributed by atoms with Crippen molar-refractivity contribution in [2.45, 2.75) is 0 Å². The molecule has 3 rings (SSSR count). The van der Waals surface area contributed by atoms with Gasteiger partial charge in [-0.05, 0) is 42.5 Å². The Balaban J connectivity index is 1.72. The van der Waals surface area contributed by atoms with E-state index >= 15 is 0 Å². The van der Waals surface area contributed by atoms with Crippen molar-refractivity contribution in [1.82, 2.24) is 4.98 Å². The molecule has 3 aromatic rings. The van der Waals surface area contributed by atoms with Crippen molar-refractivity contribution in [2.75, 3.05) is 6.61 Å². The molecule has 0 radical (unpaired) electrons. The van der Waals surface area contributed by atoms with Crippen LogP contribution in [0.1, 0.15) is 20.7 Å². The summed E-state index contributed by atoms with van der Waals surface area (Å²) in [6.07, 6.45) is 1.54. The van der Waals surface area contributed by atoms with E-state index in [2.05, 4.69) is 20.9 Å². The second kappa shape index (κ2) is 6.34. The van der Waals surface area contributed by atoms with Crippen molar-refractivity contribution in [1.29, 1.82) is 0 Å². The molecule has 0 saturated heterocycles. The molecule has 4 nitrogen and oxygen atoms in total. The molecule has 0 unspecified atom stereocenters. The van der Waals surface area contributed by atoms with Crippen LogP contribution in [0.4, 0.5) is 4.39 Å². The quantitative estimate of drug-likeness (QED) is 0.551. The van der Waals surface area contributed by atoms with Crippen LogP contribution in [0.2, 0.25) is 0 Å². The lowest BCUT2D eigenvalue weighted by Gasteiger charge is -2.04. The standard InChI is InChI=1S/C17H11BrFNO3/c18-11-3-6-15-13(7-11)14(8-20-15)17(22)23-9-16(21)10-1-4-12(19)5-2-10/h1-8,20H,9H2. The number of aromatic amines is 1. The average molecular weight is 376 g/mol. The first-order chi connectivity index (χ1) is 11.0. The Morgan fingerprint density at radius 3 is 2.61 bits per heavy atom. The Hall–Kier alpha value is -2.47. The molecule has 1 heterocycles. The largest absolute Gasteiger partial charge is 0.454 e. The van der Waals surface area contributed by atoms with E-state index in [1.54, 1.807) is 12.3 Å². The van der Waals surface area contributed by atoms with E-state index in [-0.39, 0.29) is 5.78 Å². The minimum absolute atomic E-state index is 0.292. The number of H-pyrrole nitrogens is 1. The van der Waals surface area contributed by atoms with Gasteiger partial charge in [0.2, 0.25) is 0 Å². The van der Waals surface area contributed by atoms with Crippen LogP contribution in [0.25, 0.3) is 10.9 Å². The molecular formula is C17H11BrFNO3. The number of rotatable bonds is 4. The van der Waals surface area contributed by atoms with Gasteiger partial charge in [0.25, 0.3) is 0 Å². The highest BCUT2D eigenvalue weighted by Gasteiger charge is 2.16. The molecule has 0 spiro atoms. The molecule has 6 heteroatoms. The van der Waals surface area contributed by atoms with Crippen LogP contribution in [-0.4, -0.2) is 23.3 Å². The van der Waals surface area contributed by atoms with Gasteiger partial charge < -0.3 is 9.72 Å². The van der Waals surface area contributed by atoms with Crippen LogP contribution < -0.4 is 0 Å². The highest BCUT2D eigenvalue weighted by atomic mass is 79.9. The zero-order chi connectivity index (χ0) is 16.4. The van der Waals surface area contributed by atoms with Gasteiger partial charge in [-0.15, -0.1) is 0 Å². The second-order valence-corrected chi connectivity index (χ2v) is 5.81. The lowest BCUT2D eigenvalue weighted by molar-refractivity contribution is 0.0476. The van der Waals surface area contributed by atoms with Crippen LogP contribution in [0.15, 0.2) is 53.1 Å². The summed E-state index contributed by atoms with van der Waals surface area (Å²) in [6.45, 7) is -0.398. The first-order valence-corrected chi connectivity index (χ1v) is 7.56. The minimum atomic E-state index is -0.593. The SMILES string of the molecule is O=C(COC(=O)c1c[nH]c2ccc(Br)cc12)c1ccc(F)cc1. The van der Waals surface area contributed by atoms with Crippen molar-refractivity contribution in [3.8, 4) is 0 Å². The zero-order valence-corrected chi connectivity index (χ0v) is 13.4. The fourth-order valence-electron chi connectivity index (χ4n) is 2.19. The number of benzene rings is 2. The van der Waals surface area contributed by atoms with Crippen molar-refractivity contribution >= 4 is 38.6 Å². The van der Waals surface area contributed by atoms with Gasteiger partial charge in [-0.25, -0.2) is 9.18 Å². The van der Waals surface area contributed by atoms with E-state index in [1.807, 2.05) is 12.1 Å². The Kier molecular flexibility index (Phi) is 4.25. The third-order valence-corrected chi connectivity index (χ3v) is 3.86. The van der Waals surface area contributed by atoms with Crippen LogP contribution in [0, 0.1) is 5.82 Å². The number of halogens is 2. The smallest absolute Gasteiger partial charge is 0.340 e. The summed E-state index contributed by atoms with van der Waals surface area (Å²) >= 11 is 3.35. The molecule has 1 N–H and O–H groups in total. The fourth-order valence-corrected chi connectivity index (χ4v) is 2.55. The van der Waals surface area contributed by atoms with Crippen molar-refractivity contribution in [3.05, 3.63) is 70.1 Å². The maximum absolute atomic E-state index is 12.8. The number of nitrogens with one attached hydrogen (secondary N) is 1. The predicted molar refractivity (Wildman–Crippen MR) is 87.0 cm³/mol. The molecule has 0 amide bonds. The van der Waals surface area contributed by atoms with Crippen molar-refractivity contribution in [2.24, 2.45) is 0 Å². The number of carbonyl (C=O) groups excluding carboxylic acids is 2. The third kappa shape index (κ3) is 3.32. The van der Waals surface area contributed by atoms with Crippen LogP contribution in [0.5, 0.6) is 0 Å². The molecule has 23 heavy (non-hydrogen) atoms. The summed E-state index contributed by atoms with van der Waals surface area (Å²) < 4.78 is 18.7. The Bertz CT molecular complexity index is 886. The molecule has 116 valence electrons. The second-order valence-electron chi connectivity index (χ2n) is 4.90. The van der Waals surface area contributed by atoms with Gasteiger partial charge in [-0.3, -0.25) is 4.79 Å². The van der Waals surface area contributed by atoms with E-state index in [9.17, 15) is 14.0 Å². The summed E-state index contributed by atoms with van der Waals surface area (Å²) in [7, 11) is 0. The number of aromatic nitrogens is 1. The third-order valence-electron chi connectivity index (χ3n) is 3.36. The van der Waals surface area contributed by atoms with E-state index < -0.39 is 18.4 Å². The van der Waals surface area contributed by atoms with Crippen LogP contribution in [-0.2, 0) is 4.74 Å². The Morgan fingerprint density at radius 1 is 1.13 bits per heavy atom. The highest BCUT2D eigenvalue weighted by molar-refractivity contribution is 9.10. The van der Waals surface area contributed by atoms with Gasteiger partial charge >= 0.3 is 5.97 Å². The molecule has 2 aromatic carbocycles. The fraction of sp³-hybridized carbons (Fsp3) is 0.0588. The molecule has 0 saturated carbocycles. The number of Topliss-reactive ketones (excluding diaryl/α,β-unsaturated/α-hetero) is 1. The number of hydrogen-bond donors (Lipinski definition) is 1. The number of ether oxygens (including phenoxy) is 1. The number of esters is 1. The molecule has 0 bridgehead atoms. The number of carbonyl (C=O) groups is 2. The maximum Gasteiger partial charge on any atom is 0.340 e. The summed E-state index contributed by atoms with van der Waals surface area (Å²) in [5.41, 5.74) is 1.44. The van der Waals surface area contributed by atoms with Gasteiger partial charge in [0.05, 0.1) is 5.56 Å². The van der Waals surface area contributed by atoms with Gasteiger partial charge in [0, 0.05) is 27.1 Å². The molecule has 0 atom stereocenters. The predicted octanol–water partition coefficient (Wildman–Crippen LogP) is 4.11. The lowest BCUT2D eigenvalue weighted by atomic mass is 10.1. The summed E-state index contributed by atoms with van der Waals surface area (Å²) in [5, 5.41) is 0.707. The van der Waals surface area contributed by atoms with E-state index in [4.69, 9.17) is 4.74 Å². The van der Waals surface area contributed by atoms with E-state index in [0.29, 0.717) is 16.5 Å². The van der Waals surface area contributed by atoms with Gasteiger partial charge in [-0.2, -0.15) is 0 Å². The highest BCUT2D eigenvalue weighted by Crippen LogP contribution is 2.23. The van der Waals surface area contributed by atoms with Gasteiger partial charge in [-0.1, -0.05) is 15.9 Å². The normalized spacial score (nSPS) is 10.7. The molecule has 0 fully saturated rings. The summed E-state index contributed by atoms with van der Waals surface area (Å²) in [4.78, 5) is 27.1. The maximum atomic E-state index is 12.8. The van der Waals surface area contributed by atoms with E-state index in [1.165, 1.54) is 24.3 Å². The topological polar surface area (TPSA) is 59.2 Å². The number of ketones is 1. The van der Waals surface area contributed by atoms with Crippen LogP contribution in [0.3, 0.4) is 0 Å². The van der Waals surface area contributed by atoms with Gasteiger partial charge in [0.1, 0.15) is 5.82 Å². The summed E-state index contributed by atoms with van der Waals surface area (Å²) in [5.74, 6) is -1.41. The molecule has 0 aliphatic heterocycles. The first kappa shape index (κ1) is 15.4. The molecule has 0 aliphatic carbocycles. The number of fused-ring (bicyclic) bond motifs is 1. The molecule has 0 aliphatic rings. The van der Waals surface area contributed by atoms with Gasteiger partial charge in [0.15, 0.2) is 12.4 Å². The first-order valence-electron chi connectivity index (χ1n) is 6.77. The van der Waals surface area contributed by atoms with Crippen LogP contribution >= 0.6 is 15.9 Å². The van der Waals surface area contributed by atoms with Crippen molar-refractivity contribution < 1.29 is 18.7 Å². The monoisotopic (exact) mass is 375 g/mol. The Labute approximate surface area is 139 Å². The molecule has 1 aromatic heterocycles. The van der Waals surface area contributed by atoms with E-state index in [0.717, 1.165) is 9.99 Å². The minimum Gasteiger partial charge on any atom is -0.454 e.